The first kappa shape index (κ1) is 21.7. The molecule has 3 aliphatic heterocycles. The van der Waals surface area contributed by atoms with Crippen LogP contribution in [0.3, 0.4) is 0 Å². The smallest absolute Gasteiger partial charge is 0.311 e. The summed E-state index contributed by atoms with van der Waals surface area (Å²) in [6, 6.07) is 1.20. The predicted molar refractivity (Wildman–Crippen MR) is 115 cm³/mol. The van der Waals surface area contributed by atoms with E-state index in [1.807, 2.05) is 0 Å². The van der Waals surface area contributed by atoms with Crippen LogP contribution >= 0.6 is 0 Å². The molecule has 1 aromatic rings. The summed E-state index contributed by atoms with van der Waals surface area (Å²) in [4.78, 5) is 52.3. The van der Waals surface area contributed by atoms with Crippen molar-refractivity contribution in [3.8, 4) is 5.75 Å². The number of benzene rings is 1. The lowest BCUT2D eigenvalue weighted by molar-refractivity contribution is -0.385. The highest BCUT2D eigenvalue weighted by atomic mass is 16.6. The highest BCUT2D eigenvalue weighted by Gasteiger charge is 2.65. The maximum atomic E-state index is 13.6. The first-order chi connectivity index (χ1) is 15.0. The van der Waals surface area contributed by atoms with Crippen molar-refractivity contribution in [1.82, 2.24) is 5.01 Å². The second kappa shape index (κ2) is 7.25. The van der Waals surface area contributed by atoms with Gasteiger partial charge in [0.25, 0.3) is 0 Å². The van der Waals surface area contributed by atoms with Crippen LogP contribution in [0.15, 0.2) is 29.4 Å². The molecule has 3 aliphatic rings. The van der Waals surface area contributed by atoms with E-state index in [0.717, 1.165) is 4.90 Å². The fourth-order valence-electron chi connectivity index (χ4n) is 4.73. The number of aryl methyl sites for hydroxylation is 1. The third-order valence-electron chi connectivity index (χ3n) is 6.23. The molecule has 2 amide bonds. The van der Waals surface area contributed by atoms with Crippen molar-refractivity contribution in [2.24, 2.45) is 22.4 Å². The lowest BCUT2D eigenvalue weighted by atomic mass is 9.80. The number of anilines is 1. The lowest BCUT2D eigenvalue weighted by Crippen LogP contribution is -2.49. The number of carbonyl (C=O) groups excluding carboxylic acids is 3. The Morgan fingerprint density at radius 1 is 1.19 bits per heavy atom. The number of rotatable bonds is 4. The van der Waals surface area contributed by atoms with E-state index >= 15 is 0 Å². The molecular weight excluding hydrogens is 416 g/mol. The number of ether oxygens (including phenoxy) is 1. The van der Waals surface area contributed by atoms with E-state index in [1.54, 1.807) is 51.1 Å². The van der Waals surface area contributed by atoms with Crippen molar-refractivity contribution in [3.05, 3.63) is 40.0 Å². The number of nitrogens with zero attached hydrogens (tertiary/aromatic N) is 4. The van der Waals surface area contributed by atoms with Gasteiger partial charge in [-0.2, -0.15) is 5.10 Å². The number of fused-ring (bicyclic) bond motifs is 3. The number of nitro groups is 1. The summed E-state index contributed by atoms with van der Waals surface area (Å²) in [5.74, 6) is -2.89. The number of Topliss-reactive ketones (excluding diaryl/α,β-unsaturated/α-hetero) is 1. The molecule has 0 saturated carbocycles. The molecule has 10 nitrogen and oxygen atoms in total. The number of carbonyl (C=O) groups is 3. The first-order valence-corrected chi connectivity index (χ1v) is 10.2. The largest absolute Gasteiger partial charge is 0.490 e. The van der Waals surface area contributed by atoms with E-state index < -0.39 is 46.1 Å². The summed E-state index contributed by atoms with van der Waals surface area (Å²) >= 11 is 0. The number of nitro benzene ring substituents is 1. The van der Waals surface area contributed by atoms with E-state index in [-0.39, 0.29) is 22.9 Å². The molecule has 0 spiro atoms. The first-order valence-electron chi connectivity index (χ1n) is 10.2. The van der Waals surface area contributed by atoms with Crippen LogP contribution in [-0.4, -0.2) is 52.9 Å². The molecule has 4 rings (SSSR count). The number of imide groups is 1. The van der Waals surface area contributed by atoms with E-state index in [4.69, 9.17) is 4.74 Å². The van der Waals surface area contributed by atoms with Crippen LogP contribution in [0, 0.1) is 34.3 Å². The van der Waals surface area contributed by atoms with Gasteiger partial charge in [0, 0.05) is 23.8 Å². The molecule has 4 atom stereocenters. The van der Waals surface area contributed by atoms with E-state index in [1.165, 1.54) is 19.2 Å². The van der Waals surface area contributed by atoms with E-state index in [9.17, 15) is 24.5 Å². The zero-order chi connectivity index (χ0) is 23.5. The van der Waals surface area contributed by atoms with Gasteiger partial charge in [0.15, 0.2) is 11.5 Å². The van der Waals surface area contributed by atoms with Crippen LogP contribution in [0.2, 0.25) is 0 Å². The van der Waals surface area contributed by atoms with E-state index in [2.05, 4.69) is 5.10 Å². The summed E-state index contributed by atoms with van der Waals surface area (Å²) in [6.07, 6.45) is 5.01. The second-order valence-electron chi connectivity index (χ2n) is 9.21. The Balaban J connectivity index is 1.82. The topological polar surface area (TPSA) is 122 Å². The molecule has 4 unspecified atom stereocenters. The number of amides is 2. The van der Waals surface area contributed by atoms with Gasteiger partial charge in [0.05, 0.1) is 35.6 Å². The summed E-state index contributed by atoms with van der Waals surface area (Å²) in [5, 5.41) is 17.2. The van der Waals surface area contributed by atoms with Gasteiger partial charge in [-0.3, -0.25) is 29.5 Å². The van der Waals surface area contributed by atoms with Gasteiger partial charge in [-0.25, -0.2) is 4.90 Å². The molecule has 0 radical (unpaired) electrons. The van der Waals surface area contributed by atoms with Gasteiger partial charge in [0.1, 0.15) is 6.04 Å². The number of allylic oxidation sites excluding steroid dienone is 1. The van der Waals surface area contributed by atoms with E-state index in [0.29, 0.717) is 5.56 Å². The zero-order valence-electron chi connectivity index (χ0n) is 18.4. The molecule has 10 heteroatoms. The van der Waals surface area contributed by atoms with Crippen molar-refractivity contribution in [3.63, 3.8) is 0 Å². The fraction of sp³-hybridized carbons (Fsp3) is 0.455. The van der Waals surface area contributed by atoms with Crippen molar-refractivity contribution < 1.29 is 24.0 Å². The van der Waals surface area contributed by atoms with Gasteiger partial charge in [-0.1, -0.05) is 26.8 Å². The number of methoxy groups -OCH3 is 1. The SMILES string of the molecule is COc1cc(N2C(=O)C3C(C2=O)C(C(=O)C(C)(C)C)N2N=CC=CC32)c(C)cc1[N+](=O)[O-]. The quantitative estimate of drug-likeness (QED) is 0.400. The Labute approximate surface area is 184 Å². The van der Waals surface area contributed by atoms with Gasteiger partial charge in [0.2, 0.25) is 11.8 Å². The van der Waals surface area contributed by atoms with Gasteiger partial charge < -0.3 is 4.74 Å². The average molecular weight is 440 g/mol. The number of hydrazone groups is 1. The molecule has 2 saturated heterocycles. The Morgan fingerprint density at radius 2 is 1.84 bits per heavy atom. The standard InChI is InChI=1S/C22H24N4O6/c1-11-9-14(26(30)31)15(32-5)10-13(11)24-20(28)16-12-7-6-8-23-25(12)18(17(16)21(24)29)19(27)22(2,3)4/h6-10,12,16-18H,1-5H3. The minimum Gasteiger partial charge on any atom is -0.490 e. The van der Waals surface area contributed by atoms with Gasteiger partial charge in [-0.05, 0) is 18.6 Å². The lowest BCUT2D eigenvalue weighted by Gasteiger charge is -2.33. The van der Waals surface area contributed by atoms with Crippen LogP contribution in [0.25, 0.3) is 0 Å². The minimum absolute atomic E-state index is 0.0561. The van der Waals surface area contributed by atoms with Crippen LogP contribution in [-0.2, 0) is 14.4 Å². The van der Waals surface area contributed by atoms with Crippen LogP contribution < -0.4 is 9.64 Å². The molecule has 0 aromatic heterocycles. The molecule has 1 aromatic carbocycles. The molecular formula is C22H24N4O6. The number of hydrogen-bond donors (Lipinski definition) is 0. The summed E-state index contributed by atoms with van der Waals surface area (Å²) in [5.41, 5.74) is -0.408. The number of hydrogen-bond acceptors (Lipinski definition) is 8. The zero-order valence-corrected chi connectivity index (χ0v) is 18.4. The molecule has 0 N–H and O–H groups in total. The summed E-state index contributed by atoms with van der Waals surface area (Å²) < 4.78 is 5.13. The average Bonchev–Trinajstić information content (AvgIpc) is 3.19. The summed E-state index contributed by atoms with van der Waals surface area (Å²) in [6.45, 7) is 6.90. The molecule has 168 valence electrons. The van der Waals surface area contributed by atoms with Gasteiger partial charge >= 0.3 is 5.69 Å². The van der Waals surface area contributed by atoms with Crippen molar-refractivity contribution in [2.45, 2.75) is 39.8 Å². The van der Waals surface area contributed by atoms with Crippen molar-refractivity contribution in [1.29, 1.82) is 0 Å². The van der Waals surface area contributed by atoms with Gasteiger partial charge in [-0.15, -0.1) is 0 Å². The molecule has 2 fully saturated rings. The Hall–Kier alpha value is -3.56. The second-order valence-corrected chi connectivity index (χ2v) is 9.21. The van der Waals surface area contributed by atoms with Crippen LogP contribution in [0.1, 0.15) is 26.3 Å². The Bertz CT molecular complexity index is 1100. The monoisotopic (exact) mass is 440 g/mol. The van der Waals surface area contributed by atoms with Crippen molar-refractivity contribution >= 4 is 35.2 Å². The normalized spacial score (nSPS) is 26.4. The molecule has 3 heterocycles. The van der Waals surface area contributed by atoms with Crippen LogP contribution in [0.5, 0.6) is 5.75 Å². The molecule has 32 heavy (non-hydrogen) atoms. The fourth-order valence-corrected chi connectivity index (χ4v) is 4.73. The Morgan fingerprint density at radius 3 is 2.44 bits per heavy atom. The maximum Gasteiger partial charge on any atom is 0.311 e. The predicted octanol–water partition coefficient (Wildman–Crippen LogP) is 2.24. The third-order valence-corrected chi connectivity index (χ3v) is 6.23. The summed E-state index contributed by atoms with van der Waals surface area (Å²) in [7, 11) is 1.28. The number of ketones is 1. The minimum atomic E-state index is -0.903. The van der Waals surface area contributed by atoms with Crippen LogP contribution in [0.4, 0.5) is 11.4 Å². The molecule has 0 aliphatic carbocycles. The van der Waals surface area contributed by atoms with Crippen molar-refractivity contribution in [2.75, 3.05) is 12.0 Å². The molecule has 0 bridgehead atoms. The maximum absolute atomic E-state index is 13.6. The highest BCUT2D eigenvalue weighted by Crippen LogP contribution is 2.48. The highest BCUT2D eigenvalue weighted by molar-refractivity contribution is 6.24. The third kappa shape index (κ3) is 3.01. The Kier molecular flexibility index (Phi) is 4.91.